The van der Waals surface area contributed by atoms with Crippen molar-refractivity contribution in [2.45, 2.75) is 27.3 Å². The fourth-order valence-corrected chi connectivity index (χ4v) is 2.03. The van der Waals surface area contributed by atoms with Gasteiger partial charge >= 0.3 is 5.97 Å². The fourth-order valence-electron chi connectivity index (χ4n) is 2.03. The molecule has 0 radical (unpaired) electrons. The Bertz CT molecular complexity index is 605. The standard InChI is InChI=1S/C15H19N3O3/c1-4-18-14(13(16-17-18)15(19)21-6-3)11-7-9-12(10-8-11)20-5-2/h7-10H,4-6H2,1-3H3. The molecule has 1 aromatic heterocycles. The summed E-state index contributed by atoms with van der Waals surface area (Å²) < 4.78 is 12.1. The van der Waals surface area contributed by atoms with Crippen molar-refractivity contribution in [3.8, 4) is 17.0 Å². The first-order chi connectivity index (χ1) is 10.2. The van der Waals surface area contributed by atoms with E-state index in [1.165, 1.54) is 0 Å². The van der Waals surface area contributed by atoms with E-state index in [2.05, 4.69) is 10.3 Å². The average molecular weight is 289 g/mol. The lowest BCUT2D eigenvalue weighted by Gasteiger charge is -2.08. The molecule has 2 aromatic rings. The third-order valence-electron chi connectivity index (χ3n) is 2.94. The Morgan fingerprint density at radius 3 is 2.43 bits per heavy atom. The molecule has 21 heavy (non-hydrogen) atoms. The van der Waals surface area contributed by atoms with Gasteiger partial charge in [0.2, 0.25) is 0 Å². The Labute approximate surface area is 123 Å². The van der Waals surface area contributed by atoms with E-state index in [9.17, 15) is 4.79 Å². The van der Waals surface area contributed by atoms with Gasteiger partial charge in [-0.05, 0) is 45.0 Å². The quantitative estimate of drug-likeness (QED) is 0.764. The van der Waals surface area contributed by atoms with Gasteiger partial charge in [-0.2, -0.15) is 0 Å². The van der Waals surface area contributed by atoms with E-state index in [4.69, 9.17) is 9.47 Å². The lowest BCUT2D eigenvalue weighted by Crippen LogP contribution is -2.08. The highest BCUT2D eigenvalue weighted by molar-refractivity contribution is 5.94. The molecular formula is C15H19N3O3. The van der Waals surface area contributed by atoms with Crippen LogP contribution < -0.4 is 4.74 Å². The molecule has 1 heterocycles. The number of carbonyl (C=O) groups is 1. The van der Waals surface area contributed by atoms with Gasteiger partial charge in [0.25, 0.3) is 0 Å². The summed E-state index contributed by atoms with van der Waals surface area (Å²) in [6.45, 7) is 7.18. The van der Waals surface area contributed by atoms with Crippen LogP contribution in [0, 0.1) is 0 Å². The summed E-state index contributed by atoms with van der Waals surface area (Å²) in [5, 5.41) is 7.96. The second-order valence-corrected chi connectivity index (χ2v) is 4.28. The number of carbonyl (C=O) groups excluding carboxylic acids is 1. The van der Waals surface area contributed by atoms with Crippen LogP contribution >= 0.6 is 0 Å². The number of aryl methyl sites for hydroxylation is 1. The maximum absolute atomic E-state index is 12.0. The molecule has 0 aliphatic heterocycles. The van der Waals surface area contributed by atoms with Crippen molar-refractivity contribution in [2.75, 3.05) is 13.2 Å². The Balaban J connectivity index is 2.41. The smallest absolute Gasteiger partial charge is 0.361 e. The zero-order valence-corrected chi connectivity index (χ0v) is 12.5. The van der Waals surface area contributed by atoms with Crippen LogP contribution in [0.5, 0.6) is 5.75 Å². The van der Waals surface area contributed by atoms with Crippen LogP contribution in [0.2, 0.25) is 0 Å². The molecule has 6 nitrogen and oxygen atoms in total. The van der Waals surface area contributed by atoms with E-state index >= 15 is 0 Å². The third-order valence-corrected chi connectivity index (χ3v) is 2.94. The summed E-state index contributed by atoms with van der Waals surface area (Å²) >= 11 is 0. The monoisotopic (exact) mass is 289 g/mol. The zero-order valence-electron chi connectivity index (χ0n) is 12.5. The summed E-state index contributed by atoms with van der Waals surface area (Å²) in [5.41, 5.74) is 1.76. The van der Waals surface area contributed by atoms with Crippen molar-refractivity contribution in [1.29, 1.82) is 0 Å². The number of benzene rings is 1. The second-order valence-electron chi connectivity index (χ2n) is 4.28. The second kappa shape index (κ2) is 6.88. The molecular weight excluding hydrogens is 270 g/mol. The summed E-state index contributed by atoms with van der Waals surface area (Å²) in [6, 6.07) is 7.50. The van der Waals surface area contributed by atoms with Gasteiger partial charge in [-0.15, -0.1) is 5.10 Å². The summed E-state index contributed by atoms with van der Waals surface area (Å²) in [7, 11) is 0. The lowest BCUT2D eigenvalue weighted by atomic mass is 10.1. The van der Waals surface area contributed by atoms with Gasteiger partial charge in [-0.1, -0.05) is 5.21 Å². The van der Waals surface area contributed by atoms with E-state index in [-0.39, 0.29) is 5.69 Å². The average Bonchev–Trinajstić information content (AvgIpc) is 2.92. The van der Waals surface area contributed by atoms with Gasteiger partial charge in [0.15, 0.2) is 5.69 Å². The van der Waals surface area contributed by atoms with Crippen molar-refractivity contribution in [3.05, 3.63) is 30.0 Å². The third kappa shape index (κ3) is 3.21. The van der Waals surface area contributed by atoms with Crippen LogP contribution in [-0.4, -0.2) is 34.2 Å². The largest absolute Gasteiger partial charge is 0.494 e. The molecule has 0 aliphatic carbocycles. The molecule has 0 spiro atoms. The van der Waals surface area contributed by atoms with Gasteiger partial charge in [0.05, 0.1) is 13.2 Å². The minimum atomic E-state index is -0.457. The molecule has 0 atom stereocenters. The van der Waals surface area contributed by atoms with E-state index in [1.807, 2.05) is 38.1 Å². The molecule has 2 rings (SSSR count). The summed E-state index contributed by atoms with van der Waals surface area (Å²) in [5.74, 6) is 0.329. The molecule has 0 fully saturated rings. The van der Waals surface area contributed by atoms with Crippen LogP contribution in [-0.2, 0) is 11.3 Å². The number of aromatic nitrogens is 3. The predicted molar refractivity (Wildman–Crippen MR) is 78.3 cm³/mol. The fraction of sp³-hybridized carbons (Fsp3) is 0.400. The summed E-state index contributed by atoms with van der Waals surface area (Å²) in [4.78, 5) is 12.0. The first-order valence-electron chi connectivity index (χ1n) is 7.05. The molecule has 0 saturated carbocycles. The molecule has 0 N–H and O–H groups in total. The van der Waals surface area contributed by atoms with E-state index in [0.29, 0.717) is 25.5 Å². The summed E-state index contributed by atoms with van der Waals surface area (Å²) in [6.07, 6.45) is 0. The van der Waals surface area contributed by atoms with Crippen LogP contribution in [0.1, 0.15) is 31.3 Å². The van der Waals surface area contributed by atoms with Crippen molar-refractivity contribution in [3.63, 3.8) is 0 Å². The minimum absolute atomic E-state index is 0.239. The van der Waals surface area contributed by atoms with Crippen molar-refractivity contribution in [1.82, 2.24) is 15.0 Å². The number of esters is 1. The molecule has 0 amide bonds. The van der Waals surface area contributed by atoms with E-state index < -0.39 is 5.97 Å². The van der Waals surface area contributed by atoms with Crippen LogP contribution in [0.4, 0.5) is 0 Å². The Kier molecular flexibility index (Phi) is 4.92. The lowest BCUT2D eigenvalue weighted by molar-refractivity contribution is 0.0520. The first kappa shape index (κ1) is 15.0. The van der Waals surface area contributed by atoms with Gasteiger partial charge in [0, 0.05) is 12.1 Å². The van der Waals surface area contributed by atoms with Crippen molar-refractivity contribution < 1.29 is 14.3 Å². The number of nitrogens with zero attached hydrogens (tertiary/aromatic N) is 3. The highest BCUT2D eigenvalue weighted by Crippen LogP contribution is 2.25. The topological polar surface area (TPSA) is 66.2 Å². The van der Waals surface area contributed by atoms with E-state index in [1.54, 1.807) is 11.6 Å². The number of ether oxygens (including phenoxy) is 2. The molecule has 1 aromatic carbocycles. The van der Waals surface area contributed by atoms with Crippen molar-refractivity contribution in [2.24, 2.45) is 0 Å². The Morgan fingerprint density at radius 1 is 1.14 bits per heavy atom. The zero-order chi connectivity index (χ0) is 15.2. The predicted octanol–water partition coefficient (Wildman–Crippen LogP) is 2.54. The maximum Gasteiger partial charge on any atom is 0.361 e. The maximum atomic E-state index is 12.0. The first-order valence-corrected chi connectivity index (χ1v) is 7.05. The van der Waals surface area contributed by atoms with Crippen LogP contribution in [0.25, 0.3) is 11.3 Å². The Morgan fingerprint density at radius 2 is 1.86 bits per heavy atom. The normalized spacial score (nSPS) is 10.4. The highest BCUT2D eigenvalue weighted by atomic mass is 16.5. The number of hydrogen-bond donors (Lipinski definition) is 0. The Hall–Kier alpha value is -2.37. The number of hydrogen-bond acceptors (Lipinski definition) is 5. The van der Waals surface area contributed by atoms with Crippen LogP contribution in [0.3, 0.4) is 0 Å². The molecule has 0 unspecified atom stereocenters. The minimum Gasteiger partial charge on any atom is -0.494 e. The number of rotatable bonds is 6. The molecule has 0 bridgehead atoms. The molecule has 0 aliphatic rings. The molecule has 6 heteroatoms. The highest BCUT2D eigenvalue weighted by Gasteiger charge is 2.21. The van der Waals surface area contributed by atoms with Gasteiger partial charge in [-0.25, -0.2) is 9.48 Å². The SMILES string of the molecule is CCOC(=O)c1nnn(CC)c1-c1ccc(OCC)cc1. The van der Waals surface area contributed by atoms with Gasteiger partial charge < -0.3 is 9.47 Å². The van der Waals surface area contributed by atoms with Crippen molar-refractivity contribution >= 4 is 5.97 Å². The van der Waals surface area contributed by atoms with Gasteiger partial charge in [0.1, 0.15) is 11.4 Å². The molecule has 112 valence electrons. The molecule has 0 saturated heterocycles. The van der Waals surface area contributed by atoms with Gasteiger partial charge in [-0.3, -0.25) is 0 Å². The van der Waals surface area contributed by atoms with E-state index in [0.717, 1.165) is 11.3 Å². The van der Waals surface area contributed by atoms with Crippen LogP contribution in [0.15, 0.2) is 24.3 Å².